The van der Waals surface area contributed by atoms with Crippen LogP contribution in [0, 0.1) is 0 Å². The summed E-state index contributed by atoms with van der Waals surface area (Å²) in [4.78, 5) is 17.6. The second-order valence-electron chi connectivity index (χ2n) is 2.85. The number of rotatable bonds is 5. The van der Waals surface area contributed by atoms with Crippen molar-refractivity contribution in [2.75, 3.05) is 24.9 Å². The maximum absolute atomic E-state index is 11.2. The monoisotopic (exact) mass is 295 g/mol. The molecule has 1 aromatic rings. The summed E-state index contributed by atoms with van der Waals surface area (Å²) in [7, 11) is 1.58. The minimum atomic E-state index is -0.238. The average molecular weight is 297 g/mol. The molecule has 2 N–H and O–H groups in total. The number of hydrogen-bond acceptors (Lipinski definition) is 4. The van der Waals surface area contributed by atoms with Gasteiger partial charge in [-0.15, -0.1) is 11.6 Å². The topological polar surface area (TPSA) is 67.0 Å². The van der Waals surface area contributed by atoms with Gasteiger partial charge in [-0.25, -0.2) is 4.98 Å². The Balaban J connectivity index is 2.79. The molecule has 0 saturated carbocycles. The van der Waals surface area contributed by atoms with Crippen molar-refractivity contribution in [2.24, 2.45) is 0 Å². The first kappa shape index (κ1) is 12.5. The van der Waals surface area contributed by atoms with Crippen LogP contribution in [0.15, 0.2) is 15.6 Å². The lowest BCUT2D eigenvalue weighted by Gasteiger charge is -2.15. The molecule has 1 atom stereocenters. The lowest BCUT2D eigenvalue weighted by Crippen LogP contribution is -2.28. The van der Waals surface area contributed by atoms with Gasteiger partial charge in [0, 0.05) is 13.0 Å². The van der Waals surface area contributed by atoms with Crippen LogP contribution in [-0.4, -0.2) is 35.6 Å². The number of halogens is 2. The summed E-state index contributed by atoms with van der Waals surface area (Å²) in [5.41, 5.74) is -0.238. The van der Waals surface area contributed by atoms with Crippen molar-refractivity contribution in [1.82, 2.24) is 9.97 Å². The van der Waals surface area contributed by atoms with Crippen LogP contribution >= 0.6 is 27.5 Å². The summed E-state index contributed by atoms with van der Waals surface area (Å²) >= 11 is 8.85. The molecular formula is C8H11BrClN3O2. The molecule has 7 heteroatoms. The highest BCUT2D eigenvalue weighted by Gasteiger charge is 2.11. The SMILES string of the molecule is COCC(CCl)Nc1nc[nH]c(=O)c1Br. The van der Waals surface area contributed by atoms with Crippen molar-refractivity contribution in [2.45, 2.75) is 6.04 Å². The van der Waals surface area contributed by atoms with E-state index < -0.39 is 0 Å². The highest BCUT2D eigenvalue weighted by atomic mass is 79.9. The van der Waals surface area contributed by atoms with Gasteiger partial charge >= 0.3 is 0 Å². The summed E-state index contributed by atoms with van der Waals surface area (Å²) in [6.45, 7) is 0.449. The fourth-order valence-electron chi connectivity index (χ4n) is 1.00. The third-order valence-corrected chi connectivity index (χ3v) is 2.80. The van der Waals surface area contributed by atoms with E-state index in [4.69, 9.17) is 16.3 Å². The number of alkyl halides is 1. The molecule has 15 heavy (non-hydrogen) atoms. The van der Waals surface area contributed by atoms with Crippen molar-refractivity contribution in [1.29, 1.82) is 0 Å². The van der Waals surface area contributed by atoms with Gasteiger partial charge in [0.1, 0.15) is 10.3 Å². The third-order valence-electron chi connectivity index (χ3n) is 1.69. The first-order chi connectivity index (χ1) is 7.19. The maximum Gasteiger partial charge on any atom is 0.267 e. The van der Waals surface area contributed by atoms with Gasteiger partial charge in [0.15, 0.2) is 0 Å². The Bertz CT molecular complexity index is 371. The standard InChI is InChI=1S/C8H11BrClN3O2/c1-15-3-5(2-10)13-7-6(9)8(14)12-4-11-7/h4-5H,2-3H2,1H3,(H2,11,12,13,14). The Hall–Kier alpha value is -0.590. The van der Waals surface area contributed by atoms with Gasteiger partial charge in [-0.1, -0.05) is 0 Å². The van der Waals surface area contributed by atoms with E-state index in [1.54, 1.807) is 7.11 Å². The molecule has 0 amide bonds. The summed E-state index contributed by atoms with van der Waals surface area (Å²) in [6, 6.07) is -0.0812. The first-order valence-electron chi connectivity index (χ1n) is 4.23. The van der Waals surface area contributed by atoms with Gasteiger partial charge in [0.05, 0.1) is 19.0 Å². The Morgan fingerprint density at radius 2 is 2.53 bits per heavy atom. The van der Waals surface area contributed by atoms with Crippen molar-refractivity contribution in [3.05, 3.63) is 21.2 Å². The second-order valence-corrected chi connectivity index (χ2v) is 3.95. The van der Waals surface area contributed by atoms with E-state index >= 15 is 0 Å². The van der Waals surface area contributed by atoms with E-state index in [0.29, 0.717) is 22.8 Å². The van der Waals surface area contributed by atoms with E-state index in [0.717, 1.165) is 0 Å². The molecule has 84 valence electrons. The van der Waals surface area contributed by atoms with E-state index in [1.165, 1.54) is 6.33 Å². The number of aromatic amines is 1. The van der Waals surface area contributed by atoms with Crippen LogP contribution in [0.25, 0.3) is 0 Å². The molecule has 0 fully saturated rings. The molecule has 5 nitrogen and oxygen atoms in total. The largest absolute Gasteiger partial charge is 0.383 e. The van der Waals surface area contributed by atoms with Gasteiger partial charge < -0.3 is 15.0 Å². The van der Waals surface area contributed by atoms with Crippen molar-refractivity contribution < 1.29 is 4.74 Å². The fraction of sp³-hybridized carbons (Fsp3) is 0.500. The Morgan fingerprint density at radius 3 is 3.13 bits per heavy atom. The van der Waals surface area contributed by atoms with E-state index in [2.05, 4.69) is 31.2 Å². The van der Waals surface area contributed by atoms with Gasteiger partial charge in [0.2, 0.25) is 0 Å². The van der Waals surface area contributed by atoms with E-state index in [1.807, 2.05) is 0 Å². The molecule has 0 bridgehead atoms. The molecule has 0 saturated heterocycles. The number of ether oxygens (including phenoxy) is 1. The molecule has 1 aromatic heterocycles. The zero-order valence-corrected chi connectivity index (χ0v) is 10.4. The average Bonchev–Trinajstić information content (AvgIpc) is 2.24. The molecule has 0 aliphatic rings. The third kappa shape index (κ3) is 3.48. The first-order valence-corrected chi connectivity index (χ1v) is 5.56. The van der Waals surface area contributed by atoms with Crippen molar-refractivity contribution in [3.8, 4) is 0 Å². The minimum absolute atomic E-state index is 0.0812. The molecule has 0 aliphatic carbocycles. The van der Waals surface area contributed by atoms with E-state index in [-0.39, 0.29) is 11.6 Å². The Kier molecular flexibility index (Phi) is 5.07. The van der Waals surface area contributed by atoms with Crippen molar-refractivity contribution in [3.63, 3.8) is 0 Å². The number of nitrogens with one attached hydrogen (secondary N) is 2. The molecule has 0 radical (unpaired) electrons. The van der Waals surface area contributed by atoms with Gasteiger partial charge in [-0.05, 0) is 15.9 Å². The summed E-state index contributed by atoms with van der Waals surface area (Å²) in [5.74, 6) is 0.829. The fourth-order valence-corrected chi connectivity index (χ4v) is 1.50. The number of hydrogen-bond donors (Lipinski definition) is 2. The zero-order valence-electron chi connectivity index (χ0n) is 8.09. The highest BCUT2D eigenvalue weighted by molar-refractivity contribution is 9.10. The maximum atomic E-state index is 11.2. The molecule has 1 rings (SSSR count). The molecule has 0 spiro atoms. The number of methoxy groups -OCH3 is 1. The second kappa shape index (κ2) is 6.09. The van der Waals surface area contributed by atoms with Gasteiger partial charge in [0.25, 0.3) is 5.56 Å². The summed E-state index contributed by atoms with van der Waals surface area (Å²) < 4.78 is 5.32. The number of nitrogens with zero attached hydrogens (tertiary/aromatic N) is 1. The van der Waals surface area contributed by atoms with Crippen LogP contribution in [0.3, 0.4) is 0 Å². The van der Waals surface area contributed by atoms with Gasteiger partial charge in [-0.2, -0.15) is 0 Å². The zero-order chi connectivity index (χ0) is 11.3. The van der Waals surface area contributed by atoms with Crippen LogP contribution in [0.5, 0.6) is 0 Å². The summed E-state index contributed by atoms with van der Waals surface area (Å²) in [5, 5.41) is 3.00. The molecule has 0 aliphatic heterocycles. The smallest absolute Gasteiger partial charge is 0.267 e. The van der Waals surface area contributed by atoms with Crippen molar-refractivity contribution >= 4 is 33.3 Å². The lowest BCUT2D eigenvalue weighted by molar-refractivity contribution is 0.191. The normalized spacial score (nSPS) is 12.5. The van der Waals surface area contributed by atoms with Crippen LogP contribution in [0.2, 0.25) is 0 Å². The lowest BCUT2D eigenvalue weighted by atomic mass is 10.3. The quantitative estimate of drug-likeness (QED) is 0.801. The predicted octanol–water partition coefficient (Wildman–Crippen LogP) is 1.20. The Morgan fingerprint density at radius 1 is 1.80 bits per heavy atom. The number of aromatic nitrogens is 2. The van der Waals surface area contributed by atoms with Crippen LogP contribution in [-0.2, 0) is 4.74 Å². The highest BCUT2D eigenvalue weighted by Crippen LogP contribution is 2.14. The molecule has 1 unspecified atom stereocenters. The van der Waals surface area contributed by atoms with Crippen LogP contribution < -0.4 is 10.9 Å². The predicted molar refractivity (Wildman–Crippen MR) is 62.6 cm³/mol. The molecule has 0 aromatic carbocycles. The van der Waals surface area contributed by atoms with Crippen LogP contribution in [0.4, 0.5) is 5.82 Å². The minimum Gasteiger partial charge on any atom is -0.383 e. The summed E-state index contributed by atoms with van der Waals surface area (Å²) in [6.07, 6.45) is 1.33. The van der Waals surface area contributed by atoms with Gasteiger partial charge in [-0.3, -0.25) is 4.79 Å². The number of H-pyrrole nitrogens is 1. The molecule has 1 heterocycles. The number of anilines is 1. The molecular weight excluding hydrogens is 285 g/mol. The Labute approximate surface area is 100 Å². The van der Waals surface area contributed by atoms with Crippen LogP contribution in [0.1, 0.15) is 0 Å². The van der Waals surface area contributed by atoms with E-state index in [9.17, 15) is 4.79 Å².